The van der Waals surface area contributed by atoms with Crippen LogP contribution >= 0.6 is 11.3 Å². The van der Waals surface area contributed by atoms with Crippen LogP contribution < -0.4 is 5.73 Å². The van der Waals surface area contributed by atoms with E-state index < -0.39 is 0 Å². The highest BCUT2D eigenvalue weighted by molar-refractivity contribution is 7.15. The molecular weight excluding hydrogens is 266 g/mol. The Morgan fingerprint density at radius 2 is 1.80 bits per heavy atom. The molecule has 0 aliphatic carbocycles. The smallest absolute Gasteiger partial charge is 0.132 e. The van der Waals surface area contributed by atoms with Crippen LogP contribution in [0.25, 0.3) is 21.6 Å². The van der Waals surface area contributed by atoms with E-state index in [0.717, 1.165) is 21.0 Å². The largest absolute Gasteiger partial charge is 0.383 e. The predicted molar refractivity (Wildman–Crippen MR) is 84.7 cm³/mol. The molecule has 0 bridgehead atoms. The number of rotatable bonds is 2. The molecule has 0 spiro atoms. The fraction of sp³-hybridized carbons (Fsp3) is 0.125. The zero-order valence-electron chi connectivity index (χ0n) is 11.4. The lowest BCUT2D eigenvalue weighted by atomic mass is 10.0. The van der Waals surface area contributed by atoms with Crippen LogP contribution in [0.3, 0.4) is 0 Å². The highest BCUT2D eigenvalue weighted by Crippen LogP contribution is 2.33. The second-order valence-corrected chi connectivity index (χ2v) is 5.95. The van der Waals surface area contributed by atoms with E-state index in [4.69, 9.17) is 5.73 Å². The molecule has 2 aromatic heterocycles. The number of benzene rings is 1. The van der Waals surface area contributed by atoms with Crippen molar-refractivity contribution in [1.29, 1.82) is 0 Å². The first-order valence-corrected chi connectivity index (χ1v) is 7.21. The Morgan fingerprint density at radius 3 is 2.50 bits per heavy atom. The Morgan fingerprint density at radius 1 is 1.00 bits per heavy atom. The second kappa shape index (κ2) is 5.06. The Balaban J connectivity index is 2.14. The summed E-state index contributed by atoms with van der Waals surface area (Å²) in [6.07, 6.45) is 3.68. The summed E-state index contributed by atoms with van der Waals surface area (Å²) in [5.41, 5.74) is 10.5. The highest BCUT2D eigenvalue weighted by Gasteiger charge is 2.10. The normalized spacial score (nSPS) is 10.7. The lowest BCUT2D eigenvalue weighted by Gasteiger charge is -2.08. The van der Waals surface area contributed by atoms with Crippen LogP contribution in [0, 0.1) is 13.8 Å². The average Bonchev–Trinajstić information content (AvgIpc) is 2.87. The zero-order chi connectivity index (χ0) is 14.1. The van der Waals surface area contributed by atoms with Crippen molar-refractivity contribution in [2.45, 2.75) is 13.8 Å². The Labute approximate surface area is 122 Å². The summed E-state index contributed by atoms with van der Waals surface area (Å²) in [6.45, 7) is 4.09. The second-order valence-electron chi connectivity index (χ2n) is 4.72. The van der Waals surface area contributed by atoms with Crippen molar-refractivity contribution >= 4 is 17.2 Å². The van der Waals surface area contributed by atoms with Gasteiger partial charge in [-0.05, 0) is 31.0 Å². The summed E-state index contributed by atoms with van der Waals surface area (Å²) in [5.74, 6) is 0.547. The van der Waals surface area contributed by atoms with Crippen LogP contribution in [0.15, 0.2) is 42.7 Å². The van der Waals surface area contributed by atoms with Gasteiger partial charge in [0.2, 0.25) is 0 Å². The summed E-state index contributed by atoms with van der Waals surface area (Å²) in [5, 5.41) is 1.03. The molecule has 4 heteroatoms. The van der Waals surface area contributed by atoms with E-state index in [9.17, 15) is 0 Å². The molecule has 3 aromatic rings. The fourth-order valence-electron chi connectivity index (χ4n) is 2.20. The van der Waals surface area contributed by atoms with Crippen LogP contribution in [0.5, 0.6) is 0 Å². The minimum atomic E-state index is 0.547. The molecular formula is C16H15N3S. The van der Waals surface area contributed by atoms with E-state index in [-0.39, 0.29) is 0 Å². The number of hydrogen-bond donors (Lipinski definition) is 1. The van der Waals surface area contributed by atoms with Crippen molar-refractivity contribution in [2.75, 3.05) is 5.73 Å². The number of nitrogen functional groups attached to an aromatic ring is 1. The molecule has 0 saturated heterocycles. The molecule has 0 atom stereocenters. The van der Waals surface area contributed by atoms with E-state index in [1.807, 2.05) is 31.5 Å². The first-order valence-electron chi connectivity index (χ1n) is 6.39. The van der Waals surface area contributed by atoms with Crippen LogP contribution in [0.1, 0.15) is 10.6 Å². The van der Waals surface area contributed by atoms with E-state index in [1.54, 1.807) is 11.3 Å². The van der Waals surface area contributed by atoms with Crippen molar-refractivity contribution in [2.24, 2.45) is 0 Å². The van der Waals surface area contributed by atoms with Gasteiger partial charge in [-0.3, -0.25) is 0 Å². The third-order valence-electron chi connectivity index (χ3n) is 3.26. The maximum Gasteiger partial charge on any atom is 0.132 e. The molecule has 0 unspecified atom stereocenters. The van der Waals surface area contributed by atoms with E-state index in [2.05, 4.69) is 35.1 Å². The monoisotopic (exact) mass is 281 g/mol. The standard InChI is InChI=1S/C16H15N3S/c1-10-5-3-4-6-13(10)12-7-14(16(17)19-8-12)15-9-18-11(2)20-15/h3-9H,1-2H3,(H2,17,19). The number of nitrogens with two attached hydrogens (primary N) is 1. The van der Waals surface area contributed by atoms with E-state index in [0.29, 0.717) is 5.82 Å². The molecule has 3 rings (SSSR count). The minimum absolute atomic E-state index is 0.547. The lowest BCUT2D eigenvalue weighted by molar-refractivity contribution is 1.29. The molecule has 100 valence electrons. The molecule has 0 saturated carbocycles. The molecule has 2 N–H and O–H groups in total. The summed E-state index contributed by atoms with van der Waals surface area (Å²) in [6, 6.07) is 10.4. The van der Waals surface area contributed by atoms with Gasteiger partial charge in [0, 0.05) is 23.5 Å². The Kier molecular flexibility index (Phi) is 3.24. The highest BCUT2D eigenvalue weighted by atomic mass is 32.1. The van der Waals surface area contributed by atoms with Gasteiger partial charge in [0.1, 0.15) is 5.82 Å². The van der Waals surface area contributed by atoms with Gasteiger partial charge < -0.3 is 5.73 Å². The lowest BCUT2D eigenvalue weighted by Crippen LogP contribution is -1.94. The Hall–Kier alpha value is -2.20. The van der Waals surface area contributed by atoms with E-state index >= 15 is 0 Å². The third kappa shape index (κ3) is 2.30. The number of thiazole rings is 1. The molecule has 3 nitrogen and oxygen atoms in total. The van der Waals surface area contributed by atoms with Crippen LogP contribution in [-0.4, -0.2) is 9.97 Å². The average molecular weight is 281 g/mol. The molecule has 0 amide bonds. The van der Waals surface area contributed by atoms with Gasteiger partial charge in [-0.25, -0.2) is 9.97 Å². The topological polar surface area (TPSA) is 51.8 Å². The van der Waals surface area contributed by atoms with Crippen molar-refractivity contribution < 1.29 is 0 Å². The maximum atomic E-state index is 6.01. The van der Waals surface area contributed by atoms with Gasteiger partial charge in [0.25, 0.3) is 0 Å². The van der Waals surface area contributed by atoms with Gasteiger partial charge in [-0.2, -0.15) is 0 Å². The number of nitrogens with zero attached hydrogens (tertiary/aromatic N) is 2. The summed E-state index contributed by atoms with van der Waals surface area (Å²) < 4.78 is 0. The first-order chi connectivity index (χ1) is 9.65. The quantitative estimate of drug-likeness (QED) is 0.770. The number of hydrogen-bond acceptors (Lipinski definition) is 4. The maximum absolute atomic E-state index is 6.01. The first kappa shape index (κ1) is 12.8. The number of aryl methyl sites for hydroxylation is 2. The summed E-state index contributed by atoms with van der Waals surface area (Å²) in [7, 11) is 0. The molecule has 0 radical (unpaired) electrons. The fourth-order valence-corrected chi connectivity index (χ4v) is 3.01. The van der Waals surface area contributed by atoms with E-state index in [1.165, 1.54) is 11.1 Å². The zero-order valence-corrected chi connectivity index (χ0v) is 12.2. The van der Waals surface area contributed by atoms with Crippen molar-refractivity contribution in [1.82, 2.24) is 9.97 Å². The van der Waals surface area contributed by atoms with Gasteiger partial charge >= 0.3 is 0 Å². The number of aromatic nitrogens is 2. The molecule has 0 aliphatic rings. The van der Waals surface area contributed by atoms with Crippen LogP contribution in [0.4, 0.5) is 5.82 Å². The van der Waals surface area contributed by atoms with Crippen LogP contribution in [0.2, 0.25) is 0 Å². The van der Waals surface area contributed by atoms with Gasteiger partial charge in [0.05, 0.1) is 9.88 Å². The minimum Gasteiger partial charge on any atom is -0.383 e. The summed E-state index contributed by atoms with van der Waals surface area (Å²) >= 11 is 1.63. The molecule has 1 aromatic carbocycles. The predicted octanol–water partition coefficient (Wildman–Crippen LogP) is 4.07. The summed E-state index contributed by atoms with van der Waals surface area (Å²) in [4.78, 5) is 9.69. The van der Waals surface area contributed by atoms with Crippen molar-refractivity contribution in [3.05, 3.63) is 53.3 Å². The van der Waals surface area contributed by atoms with Crippen molar-refractivity contribution in [3.8, 4) is 21.6 Å². The van der Waals surface area contributed by atoms with Crippen LogP contribution in [-0.2, 0) is 0 Å². The third-order valence-corrected chi connectivity index (χ3v) is 4.21. The van der Waals surface area contributed by atoms with Crippen molar-refractivity contribution in [3.63, 3.8) is 0 Å². The number of pyridine rings is 1. The SMILES string of the molecule is Cc1ncc(-c2cc(-c3ccccc3C)cnc2N)s1. The molecule has 0 fully saturated rings. The molecule has 20 heavy (non-hydrogen) atoms. The molecule has 0 aliphatic heterocycles. The van der Waals surface area contributed by atoms with Gasteiger partial charge in [-0.15, -0.1) is 11.3 Å². The van der Waals surface area contributed by atoms with Gasteiger partial charge in [0.15, 0.2) is 0 Å². The number of anilines is 1. The van der Waals surface area contributed by atoms with Gasteiger partial charge in [-0.1, -0.05) is 24.3 Å². The Bertz CT molecular complexity index is 762. The molecule has 2 heterocycles.